The first-order chi connectivity index (χ1) is 6.61. The van der Waals surface area contributed by atoms with Crippen LogP contribution in [-0.2, 0) is 0 Å². The number of carboxylic acid groups (broad SMARTS) is 1. The second-order valence-corrected chi connectivity index (χ2v) is 4.16. The third-order valence-corrected chi connectivity index (χ3v) is 3.29. The van der Waals surface area contributed by atoms with Crippen LogP contribution in [0.3, 0.4) is 0 Å². The molecule has 5 nitrogen and oxygen atoms in total. The van der Waals surface area contributed by atoms with Crippen molar-refractivity contribution >= 4 is 6.09 Å². The first-order valence-corrected chi connectivity index (χ1v) is 5.04. The van der Waals surface area contributed by atoms with E-state index in [4.69, 9.17) is 5.11 Å². The van der Waals surface area contributed by atoms with E-state index in [-0.39, 0.29) is 18.1 Å². The zero-order valence-electron chi connectivity index (χ0n) is 8.18. The number of fused-ring (bicyclic) bond motifs is 2. The minimum absolute atomic E-state index is 0.0498. The predicted octanol–water partition coefficient (Wildman–Crippen LogP) is -0.150. The summed E-state index contributed by atoms with van der Waals surface area (Å²) in [6.07, 6.45) is 0.415. The van der Waals surface area contributed by atoms with E-state index in [1.807, 2.05) is 0 Å². The number of hydrogen-bond acceptors (Lipinski definition) is 3. The largest absolute Gasteiger partial charge is 0.465 e. The molecule has 0 radical (unpaired) electrons. The topological polar surface area (TPSA) is 72.8 Å². The third kappa shape index (κ3) is 1.36. The van der Waals surface area contributed by atoms with Crippen LogP contribution in [0.4, 0.5) is 4.79 Å². The fourth-order valence-corrected chi connectivity index (χ4v) is 2.66. The molecule has 2 aliphatic heterocycles. The van der Waals surface area contributed by atoms with Crippen molar-refractivity contribution in [2.24, 2.45) is 0 Å². The summed E-state index contributed by atoms with van der Waals surface area (Å²) in [5, 5.41) is 21.8. The number of rotatable bonds is 1. The van der Waals surface area contributed by atoms with E-state index in [0.29, 0.717) is 6.54 Å². The molecule has 1 amide bonds. The van der Waals surface area contributed by atoms with Gasteiger partial charge < -0.3 is 15.5 Å². The van der Waals surface area contributed by atoms with Gasteiger partial charge in [0.25, 0.3) is 0 Å². The molecule has 0 saturated carbocycles. The van der Waals surface area contributed by atoms with E-state index < -0.39 is 12.2 Å². The fraction of sp³-hybridized carbons (Fsp3) is 0.889. The number of carbonyl (C=O) groups is 1. The Hall–Kier alpha value is -0.810. The molecule has 4 atom stereocenters. The van der Waals surface area contributed by atoms with Crippen LogP contribution in [0.25, 0.3) is 0 Å². The molecule has 2 saturated heterocycles. The monoisotopic (exact) mass is 200 g/mol. The van der Waals surface area contributed by atoms with Gasteiger partial charge in [-0.1, -0.05) is 0 Å². The Labute approximate surface area is 82.7 Å². The number of nitrogens with one attached hydrogen (secondary N) is 1. The smallest absolute Gasteiger partial charge is 0.407 e. The second kappa shape index (κ2) is 3.40. The summed E-state index contributed by atoms with van der Waals surface area (Å²) in [6.45, 7) is 2.37. The quantitative estimate of drug-likeness (QED) is 0.550. The molecule has 0 aliphatic carbocycles. The summed E-state index contributed by atoms with van der Waals surface area (Å²) in [4.78, 5) is 12.5. The van der Waals surface area contributed by atoms with Crippen LogP contribution >= 0.6 is 0 Å². The normalized spacial score (nSPS) is 38.4. The number of amides is 1. The number of aliphatic hydroxyl groups is 1. The SMILES string of the molecule is C[C@H](O)[C@H]1NC[C@@H]2CC[C@H]1N2C(=O)O. The van der Waals surface area contributed by atoms with Crippen molar-refractivity contribution in [1.82, 2.24) is 10.2 Å². The van der Waals surface area contributed by atoms with Gasteiger partial charge in [-0.2, -0.15) is 0 Å². The van der Waals surface area contributed by atoms with Gasteiger partial charge in [0.15, 0.2) is 0 Å². The molecule has 2 aliphatic rings. The summed E-state index contributed by atoms with van der Waals surface area (Å²) >= 11 is 0. The van der Waals surface area contributed by atoms with Crippen molar-refractivity contribution in [3.63, 3.8) is 0 Å². The van der Waals surface area contributed by atoms with Crippen LogP contribution in [0.15, 0.2) is 0 Å². The van der Waals surface area contributed by atoms with Crippen molar-refractivity contribution < 1.29 is 15.0 Å². The first kappa shape index (κ1) is 9.73. The van der Waals surface area contributed by atoms with Crippen molar-refractivity contribution in [1.29, 1.82) is 0 Å². The van der Waals surface area contributed by atoms with E-state index >= 15 is 0 Å². The van der Waals surface area contributed by atoms with Gasteiger partial charge in [0.2, 0.25) is 0 Å². The predicted molar refractivity (Wildman–Crippen MR) is 50.1 cm³/mol. The van der Waals surface area contributed by atoms with Crippen LogP contribution in [0, 0.1) is 0 Å². The molecule has 0 aromatic heterocycles. The van der Waals surface area contributed by atoms with Crippen molar-refractivity contribution in [3.8, 4) is 0 Å². The maximum atomic E-state index is 11.0. The van der Waals surface area contributed by atoms with Gasteiger partial charge in [-0.25, -0.2) is 4.79 Å². The minimum atomic E-state index is -0.857. The molecular weight excluding hydrogens is 184 g/mol. The Bertz CT molecular complexity index is 244. The Balaban J connectivity index is 2.17. The van der Waals surface area contributed by atoms with Gasteiger partial charge in [0.05, 0.1) is 18.2 Å². The second-order valence-electron chi connectivity index (χ2n) is 4.16. The summed E-state index contributed by atoms with van der Waals surface area (Å²) in [6, 6.07) is -0.0522. The van der Waals surface area contributed by atoms with Crippen molar-refractivity contribution in [2.45, 2.75) is 44.0 Å². The van der Waals surface area contributed by atoms with Gasteiger partial charge in [-0.05, 0) is 19.8 Å². The van der Waals surface area contributed by atoms with Gasteiger partial charge >= 0.3 is 6.09 Å². The lowest BCUT2D eigenvalue weighted by Gasteiger charge is -2.40. The molecule has 2 bridgehead atoms. The highest BCUT2D eigenvalue weighted by molar-refractivity contribution is 5.67. The third-order valence-electron chi connectivity index (χ3n) is 3.29. The molecule has 0 aromatic rings. The highest BCUT2D eigenvalue weighted by Gasteiger charge is 2.46. The van der Waals surface area contributed by atoms with Crippen LogP contribution < -0.4 is 5.32 Å². The standard InChI is InChI=1S/C9H16N2O3/c1-5(12)8-7-3-2-6(4-10-8)11(7)9(13)14/h5-8,10,12H,2-4H2,1H3,(H,13,14)/t5-,6-,7+,8+/m0/s1. The molecule has 5 heteroatoms. The molecule has 0 unspecified atom stereocenters. The number of hydrogen-bond donors (Lipinski definition) is 3. The minimum Gasteiger partial charge on any atom is -0.465 e. The van der Waals surface area contributed by atoms with E-state index in [9.17, 15) is 9.90 Å². The Morgan fingerprint density at radius 1 is 1.57 bits per heavy atom. The molecular formula is C9H16N2O3. The van der Waals surface area contributed by atoms with Gasteiger partial charge in [0.1, 0.15) is 0 Å². The fourth-order valence-electron chi connectivity index (χ4n) is 2.66. The van der Waals surface area contributed by atoms with E-state index in [0.717, 1.165) is 12.8 Å². The summed E-state index contributed by atoms with van der Waals surface area (Å²) in [5.41, 5.74) is 0. The summed E-state index contributed by atoms with van der Waals surface area (Å²) in [7, 11) is 0. The van der Waals surface area contributed by atoms with Crippen molar-refractivity contribution in [2.75, 3.05) is 6.54 Å². The average molecular weight is 200 g/mol. The highest BCUT2D eigenvalue weighted by Crippen LogP contribution is 2.30. The number of piperazine rings is 1. The summed E-state index contributed by atoms with van der Waals surface area (Å²) < 4.78 is 0. The van der Waals surface area contributed by atoms with Gasteiger partial charge in [-0.15, -0.1) is 0 Å². The molecule has 14 heavy (non-hydrogen) atoms. The molecule has 3 N–H and O–H groups in total. The zero-order chi connectivity index (χ0) is 10.3. The van der Waals surface area contributed by atoms with Crippen molar-refractivity contribution in [3.05, 3.63) is 0 Å². The van der Waals surface area contributed by atoms with Gasteiger partial charge in [0, 0.05) is 12.6 Å². The highest BCUT2D eigenvalue weighted by atomic mass is 16.4. The van der Waals surface area contributed by atoms with Crippen LogP contribution in [0.1, 0.15) is 19.8 Å². The Morgan fingerprint density at radius 2 is 2.29 bits per heavy atom. The maximum Gasteiger partial charge on any atom is 0.407 e. The van der Waals surface area contributed by atoms with Crippen LogP contribution in [0.5, 0.6) is 0 Å². The molecule has 0 spiro atoms. The van der Waals surface area contributed by atoms with E-state index in [1.165, 1.54) is 4.90 Å². The van der Waals surface area contributed by atoms with E-state index in [2.05, 4.69) is 5.32 Å². The molecule has 0 aromatic carbocycles. The lowest BCUT2D eigenvalue weighted by Crippen LogP contribution is -2.62. The zero-order valence-corrected chi connectivity index (χ0v) is 8.18. The first-order valence-electron chi connectivity index (χ1n) is 5.04. The lowest BCUT2D eigenvalue weighted by atomic mass is 10.0. The summed E-state index contributed by atoms with van der Waals surface area (Å²) in [5.74, 6) is 0. The number of nitrogens with zero attached hydrogens (tertiary/aromatic N) is 1. The average Bonchev–Trinajstić information content (AvgIpc) is 2.40. The van der Waals surface area contributed by atoms with Crippen LogP contribution in [-0.4, -0.2) is 52.0 Å². The maximum absolute atomic E-state index is 11.0. The number of aliphatic hydroxyl groups excluding tert-OH is 1. The lowest BCUT2D eigenvalue weighted by molar-refractivity contribution is 0.0466. The Morgan fingerprint density at radius 3 is 2.86 bits per heavy atom. The van der Waals surface area contributed by atoms with Crippen LogP contribution in [0.2, 0.25) is 0 Å². The molecule has 2 rings (SSSR count). The van der Waals surface area contributed by atoms with E-state index in [1.54, 1.807) is 6.92 Å². The molecule has 2 fully saturated rings. The molecule has 2 heterocycles. The molecule has 80 valence electrons. The van der Waals surface area contributed by atoms with Gasteiger partial charge in [-0.3, -0.25) is 4.90 Å². The Kier molecular flexibility index (Phi) is 2.36.